The second kappa shape index (κ2) is 6.01. The van der Waals surface area contributed by atoms with Crippen LogP contribution in [-0.2, 0) is 4.79 Å². The monoisotopic (exact) mass is 311 g/mol. The van der Waals surface area contributed by atoms with E-state index in [0.29, 0.717) is 32.1 Å². The highest BCUT2D eigenvalue weighted by Crippen LogP contribution is 2.25. The Morgan fingerprint density at radius 1 is 1.33 bits per heavy atom. The quantitative estimate of drug-likeness (QED) is 0.830. The van der Waals surface area contributed by atoms with Crippen LogP contribution in [0.15, 0.2) is 0 Å². The number of rotatable bonds is 4. The summed E-state index contributed by atoms with van der Waals surface area (Å²) in [5, 5.41) is 0.135. The number of piperazine rings is 1. The van der Waals surface area contributed by atoms with Crippen molar-refractivity contribution in [2.24, 2.45) is 0 Å². The maximum atomic E-state index is 11.7. The number of hydrogen-bond acceptors (Lipinski definition) is 6. The van der Waals surface area contributed by atoms with Crippen molar-refractivity contribution in [2.75, 3.05) is 31.1 Å². The van der Waals surface area contributed by atoms with Gasteiger partial charge in [0, 0.05) is 32.1 Å². The summed E-state index contributed by atoms with van der Waals surface area (Å²) in [5.74, 6) is 0.778. The molecule has 1 aromatic heterocycles. The van der Waals surface area contributed by atoms with Crippen molar-refractivity contribution in [3.05, 3.63) is 5.28 Å². The summed E-state index contributed by atoms with van der Waals surface area (Å²) >= 11 is 5.95. The van der Waals surface area contributed by atoms with Crippen LogP contribution in [0.25, 0.3) is 0 Å². The van der Waals surface area contributed by atoms with Crippen molar-refractivity contribution in [1.29, 1.82) is 0 Å². The summed E-state index contributed by atoms with van der Waals surface area (Å²) < 4.78 is 5.43. The Hall–Kier alpha value is -1.63. The third-order valence-corrected chi connectivity index (χ3v) is 3.96. The highest BCUT2D eigenvalue weighted by Gasteiger charge is 2.36. The molecular formula is C13H18ClN5O2. The molecular weight excluding hydrogens is 294 g/mol. The van der Waals surface area contributed by atoms with E-state index < -0.39 is 0 Å². The van der Waals surface area contributed by atoms with Gasteiger partial charge in [0.2, 0.25) is 17.1 Å². The van der Waals surface area contributed by atoms with Gasteiger partial charge < -0.3 is 14.5 Å². The number of carbonyl (C=O) groups excluding carboxylic acids is 1. The van der Waals surface area contributed by atoms with Crippen LogP contribution in [0.2, 0.25) is 5.28 Å². The molecule has 7 nitrogen and oxygen atoms in total. The van der Waals surface area contributed by atoms with Crippen molar-refractivity contribution in [2.45, 2.75) is 32.2 Å². The lowest BCUT2D eigenvalue weighted by atomic mass is 10.2. The predicted molar refractivity (Wildman–Crippen MR) is 77.6 cm³/mol. The first-order valence-corrected chi connectivity index (χ1v) is 7.64. The number of aromatic nitrogens is 3. The molecule has 2 fully saturated rings. The average molecular weight is 312 g/mol. The van der Waals surface area contributed by atoms with E-state index in [9.17, 15) is 4.79 Å². The second-order valence-electron chi connectivity index (χ2n) is 5.26. The van der Waals surface area contributed by atoms with E-state index in [1.807, 2.05) is 16.7 Å². The maximum absolute atomic E-state index is 11.7. The zero-order valence-electron chi connectivity index (χ0n) is 12.0. The van der Waals surface area contributed by atoms with E-state index >= 15 is 0 Å². The van der Waals surface area contributed by atoms with Gasteiger partial charge in [0.25, 0.3) is 0 Å². The summed E-state index contributed by atoms with van der Waals surface area (Å²) in [6.07, 6.45) is 2.41. The van der Waals surface area contributed by atoms with Crippen molar-refractivity contribution < 1.29 is 9.53 Å². The molecule has 8 heteroatoms. The van der Waals surface area contributed by atoms with Gasteiger partial charge >= 0.3 is 6.01 Å². The van der Waals surface area contributed by atoms with Gasteiger partial charge in [-0.25, -0.2) is 0 Å². The highest BCUT2D eigenvalue weighted by molar-refractivity contribution is 6.28. The second-order valence-corrected chi connectivity index (χ2v) is 5.60. The topological polar surface area (TPSA) is 71.5 Å². The standard InChI is InChI=1S/C13H18ClN5O2/c1-2-7-21-13-16-11(14)15-12(17-13)18-5-6-19-9(8-18)3-4-10(19)20/h9H,2-8H2,1H3. The summed E-state index contributed by atoms with van der Waals surface area (Å²) in [4.78, 5) is 28.2. The Kier molecular flexibility index (Phi) is 4.10. The molecule has 3 heterocycles. The van der Waals surface area contributed by atoms with Gasteiger partial charge in [-0.2, -0.15) is 15.0 Å². The predicted octanol–water partition coefficient (Wildman–Crippen LogP) is 1.12. The number of anilines is 1. The minimum atomic E-state index is 0.135. The molecule has 1 amide bonds. The first-order valence-electron chi connectivity index (χ1n) is 7.26. The molecule has 0 saturated carbocycles. The van der Waals surface area contributed by atoms with E-state index in [0.717, 1.165) is 19.4 Å². The van der Waals surface area contributed by atoms with Crippen molar-refractivity contribution in [3.63, 3.8) is 0 Å². The van der Waals surface area contributed by atoms with E-state index in [1.54, 1.807) is 0 Å². The van der Waals surface area contributed by atoms with Gasteiger partial charge in [0.15, 0.2) is 0 Å². The Balaban J connectivity index is 1.74. The molecule has 0 radical (unpaired) electrons. The molecule has 2 saturated heterocycles. The van der Waals surface area contributed by atoms with Gasteiger partial charge in [-0.1, -0.05) is 6.92 Å². The fraction of sp³-hybridized carbons (Fsp3) is 0.692. The molecule has 0 spiro atoms. The summed E-state index contributed by atoms with van der Waals surface area (Å²) in [6.45, 7) is 4.71. The molecule has 114 valence electrons. The third-order valence-electron chi connectivity index (χ3n) is 3.79. The summed E-state index contributed by atoms with van der Waals surface area (Å²) in [5.41, 5.74) is 0. The van der Waals surface area contributed by atoms with Gasteiger partial charge in [-0.3, -0.25) is 4.79 Å². The van der Waals surface area contributed by atoms with Crippen LogP contribution in [0.5, 0.6) is 6.01 Å². The number of hydrogen-bond donors (Lipinski definition) is 0. The Morgan fingerprint density at radius 3 is 3.00 bits per heavy atom. The lowest BCUT2D eigenvalue weighted by Crippen LogP contribution is -2.52. The zero-order chi connectivity index (χ0) is 14.8. The van der Waals surface area contributed by atoms with E-state index in [1.165, 1.54) is 0 Å². The molecule has 1 atom stereocenters. The van der Waals surface area contributed by atoms with Crippen molar-refractivity contribution in [3.8, 4) is 6.01 Å². The first-order chi connectivity index (χ1) is 10.2. The molecule has 2 aliphatic rings. The molecule has 0 aliphatic carbocycles. The van der Waals surface area contributed by atoms with Crippen LogP contribution >= 0.6 is 11.6 Å². The molecule has 1 unspecified atom stereocenters. The van der Waals surface area contributed by atoms with E-state index in [-0.39, 0.29) is 23.2 Å². The number of nitrogens with zero attached hydrogens (tertiary/aromatic N) is 5. The molecule has 3 rings (SSSR count). The van der Waals surface area contributed by atoms with Gasteiger partial charge in [-0.05, 0) is 24.4 Å². The lowest BCUT2D eigenvalue weighted by molar-refractivity contribution is -0.129. The maximum Gasteiger partial charge on any atom is 0.322 e. The molecule has 0 N–H and O–H groups in total. The SMILES string of the molecule is CCCOc1nc(Cl)nc(N2CCN3C(=O)CCC3C2)n1. The van der Waals surface area contributed by atoms with Crippen LogP contribution in [0.4, 0.5) is 5.95 Å². The number of fused-ring (bicyclic) bond motifs is 1. The van der Waals surface area contributed by atoms with Crippen molar-refractivity contribution in [1.82, 2.24) is 19.9 Å². The largest absolute Gasteiger partial charge is 0.463 e. The van der Waals surface area contributed by atoms with Gasteiger partial charge in [-0.15, -0.1) is 0 Å². The lowest BCUT2D eigenvalue weighted by Gasteiger charge is -2.37. The van der Waals surface area contributed by atoms with E-state index in [4.69, 9.17) is 16.3 Å². The number of halogens is 1. The van der Waals surface area contributed by atoms with Crippen LogP contribution in [0.3, 0.4) is 0 Å². The summed E-state index contributed by atoms with van der Waals surface area (Å²) in [6, 6.07) is 0.513. The third kappa shape index (κ3) is 3.02. The number of amides is 1. The molecule has 0 aromatic carbocycles. The minimum Gasteiger partial charge on any atom is -0.463 e. The average Bonchev–Trinajstić information content (AvgIpc) is 2.85. The molecule has 0 bridgehead atoms. The Morgan fingerprint density at radius 2 is 2.19 bits per heavy atom. The Bertz CT molecular complexity index is 541. The van der Waals surface area contributed by atoms with Gasteiger partial charge in [0.05, 0.1) is 6.61 Å². The zero-order valence-corrected chi connectivity index (χ0v) is 12.7. The fourth-order valence-corrected chi connectivity index (χ4v) is 2.92. The van der Waals surface area contributed by atoms with Gasteiger partial charge in [0.1, 0.15) is 0 Å². The summed E-state index contributed by atoms with van der Waals surface area (Å²) in [7, 11) is 0. The van der Waals surface area contributed by atoms with E-state index in [2.05, 4.69) is 15.0 Å². The normalized spacial score (nSPS) is 21.6. The van der Waals surface area contributed by atoms with Crippen LogP contribution in [0, 0.1) is 0 Å². The van der Waals surface area contributed by atoms with Crippen LogP contribution in [-0.4, -0.2) is 58.0 Å². The Labute approximate surface area is 128 Å². The fourth-order valence-electron chi connectivity index (χ4n) is 2.77. The smallest absolute Gasteiger partial charge is 0.322 e. The minimum absolute atomic E-state index is 0.135. The van der Waals surface area contributed by atoms with Crippen molar-refractivity contribution >= 4 is 23.5 Å². The van der Waals surface area contributed by atoms with Crippen LogP contribution in [0.1, 0.15) is 26.2 Å². The molecule has 1 aromatic rings. The number of ether oxygens (including phenoxy) is 1. The van der Waals surface area contributed by atoms with Crippen LogP contribution < -0.4 is 9.64 Å². The first kappa shape index (κ1) is 14.3. The molecule has 2 aliphatic heterocycles. The highest BCUT2D eigenvalue weighted by atomic mass is 35.5. The number of carbonyl (C=O) groups is 1. The molecule has 21 heavy (non-hydrogen) atoms.